The number of hydrogen-bond acceptors (Lipinski definition) is 3. The number of urea groups is 1. The molecule has 1 saturated heterocycles. The van der Waals surface area contributed by atoms with Gasteiger partial charge in [-0.25, -0.2) is 4.79 Å². The zero-order valence-electron chi connectivity index (χ0n) is 10.1. The average Bonchev–Trinajstić information content (AvgIpc) is 2.81. The summed E-state index contributed by atoms with van der Waals surface area (Å²) in [4.78, 5) is 14.9. The van der Waals surface area contributed by atoms with Gasteiger partial charge < -0.3 is 15.3 Å². The number of nitrogens with zero attached hydrogens (tertiary/aromatic N) is 1. The number of likely N-dealkylation sites (tertiary alicyclic amines) is 1. The molecule has 0 saturated carbocycles. The lowest BCUT2D eigenvalue weighted by molar-refractivity contribution is 0.129. The molecule has 0 aliphatic carbocycles. The van der Waals surface area contributed by atoms with Crippen molar-refractivity contribution in [2.75, 3.05) is 19.7 Å². The SMILES string of the molecule is O=C(NCc1sccc1Br)N1CCC[C@H](CO)C1. The first-order chi connectivity index (χ1) is 8.70. The van der Waals surface area contributed by atoms with Crippen molar-refractivity contribution >= 4 is 33.3 Å². The van der Waals surface area contributed by atoms with Crippen molar-refractivity contribution in [3.63, 3.8) is 0 Å². The maximum Gasteiger partial charge on any atom is 0.317 e. The Morgan fingerprint density at radius 2 is 2.50 bits per heavy atom. The zero-order valence-corrected chi connectivity index (χ0v) is 12.5. The number of rotatable bonds is 3. The number of aliphatic hydroxyl groups is 1. The quantitative estimate of drug-likeness (QED) is 0.893. The Morgan fingerprint density at radius 1 is 1.67 bits per heavy atom. The normalized spacial score (nSPS) is 19.9. The van der Waals surface area contributed by atoms with E-state index >= 15 is 0 Å². The number of piperidine rings is 1. The molecule has 18 heavy (non-hydrogen) atoms. The highest BCUT2D eigenvalue weighted by Gasteiger charge is 2.22. The van der Waals surface area contributed by atoms with E-state index in [4.69, 9.17) is 5.11 Å². The van der Waals surface area contributed by atoms with Crippen LogP contribution in [0.25, 0.3) is 0 Å². The molecule has 1 aromatic heterocycles. The lowest BCUT2D eigenvalue weighted by Gasteiger charge is -2.31. The molecule has 1 aliphatic rings. The van der Waals surface area contributed by atoms with Crippen LogP contribution in [0.5, 0.6) is 0 Å². The van der Waals surface area contributed by atoms with Gasteiger partial charge in [0.15, 0.2) is 0 Å². The summed E-state index contributed by atoms with van der Waals surface area (Å²) in [6.45, 7) is 2.17. The van der Waals surface area contributed by atoms with E-state index in [2.05, 4.69) is 21.2 Å². The van der Waals surface area contributed by atoms with Crippen LogP contribution in [0.3, 0.4) is 0 Å². The first kappa shape index (κ1) is 13.8. The van der Waals surface area contributed by atoms with E-state index in [1.807, 2.05) is 11.4 Å². The third kappa shape index (κ3) is 3.46. The van der Waals surface area contributed by atoms with Crippen molar-refractivity contribution in [1.82, 2.24) is 10.2 Å². The summed E-state index contributed by atoms with van der Waals surface area (Å²) in [6, 6.07) is 1.95. The maximum absolute atomic E-state index is 12.0. The van der Waals surface area contributed by atoms with E-state index in [0.29, 0.717) is 13.1 Å². The second-order valence-electron chi connectivity index (χ2n) is 4.49. The molecule has 1 atom stereocenters. The minimum absolute atomic E-state index is 0.0338. The molecule has 0 radical (unpaired) electrons. The second-order valence-corrected chi connectivity index (χ2v) is 6.34. The van der Waals surface area contributed by atoms with Gasteiger partial charge in [0.25, 0.3) is 0 Å². The van der Waals surface area contributed by atoms with Gasteiger partial charge in [-0.15, -0.1) is 11.3 Å². The van der Waals surface area contributed by atoms with Gasteiger partial charge in [0, 0.05) is 29.0 Å². The van der Waals surface area contributed by atoms with Crippen LogP contribution < -0.4 is 5.32 Å². The predicted molar refractivity (Wildman–Crippen MR) is 75.6 cm³/mol. The van der Waals surface area contributed by atoms with E-state index in [1.54, 1.807) is 16.2 Å². The van der Waals surface area contributed by atoms with Crippen LogP contribution in [0.15, 0.2) is 15.9 Å². The molecule has 2 rings (SSSR count). The molecule has 0 bridgehead atoms. The summed E-state index contributed by atoms with van der Waals surface area (Å²) >= 11 is 5.07. The summed E-state index contributed by atoms with van der Waals surface area (Å²) < 4.78 is 1.04. The molecule has 1 aliphatic heterocycles. The molecule has 0 unspecified atom stereocenters. The average molecular weight is 333 g/mol. The van der Waals surface area contributed by atoms with Gasteiger partial charge in [0.05, 0.1) is 6.54 Å². The monoisotopic (exact) mass is 332 g/mol. The van der Waals surface area contributed by atoms with Crippen molar-refractivity contribution < 1.29 is 9.90 Å². The fourth-order valence-corrected chi connectivity index (χ4v) is 3.55. The Labute approximate surface area is 119 Å². The van der Waals surface area contributed by atoms with Crippen molar-refractivity contribution in [2.24, 2.45) is 5.92 Å². The molecule has 6 heteroatoms. The molecule has 2 amide bonds. The Balaban J connectivity index is 1.82. The number of halogens is 1. The lowest BCUT2D eigenvalue weighted by Crippen LogP contribution is -2.45. The predicted octanol–water partition coefficient (Wildman–Crippen LogP) is 2.42. The van der Waals surface area contributed by atoms with Gasteiger partial charge in [-0.3, -0.25) is 0 Å². The Morgan fingerprint density at radius 3 is 3.17 bits per heavy atom. The van der Waals surface area contributed by atoms with Gasteiger partial charge in [0.1, 0.15) is 0 Å². The molecule has 0 spiro atoms. The van der Waals surface area contributed by atoms with E-state index in [-0.39, 0.29) is 18.6 Å². The number of carbonyl (C=O) groups is 1. The van der Waals surface area contributed by atoms with Gasteiger partial charge >= 0.3 is 6.03 Å². The summed E-state index contributed by atoms with van der Waals surface area (Å²) in [5.74, 6) is 0.234. The molecule has 0 aromatic carbocycles. The van der Waals surface area contributed by atoms with Gasteiger partial charge in [0.2, 0.25) is 0 Å². The first-order valence-electron chi connectivity index (χ1n) is 6.06. The van der Waals surface area contributed by atoms with Crippen LogP contribution in [-0.4, -0.2) is 35.7 Å². The summed E-state index contributed by atoms with van der Waals surface area (Å²) in [5, 5.41) is 14.1. The number of aliphatic hydroxyl groups excluding tert-OH is 1. The summed E-state index contributed by atoms with van der Waals surface area (Å²) in [6.07, 6.45) is 1.98. The van der Waals surface area contributed by atoms with Crippen molar-refractivity contribution in [3.05, 3.63) is 20.8 Å². The third-order valence-electron chi connectivity index (χ3n) is 3.16. The highest BCUT2D eigenvalue weighted by Crippen LogP contribution is 2.22. The maximum atomic E-state index is 12.0. The third-order valence-corrected chi connectivity index (χ3v) is 5.08. The van der Waals surface area contributed by atoms with Crippen LogP contribution in [0, 0.1) is 5.92 Å². The molecule has 100 valence electrons. The first-order valence-corrected chi connectivity index (χ1v) is 7.73. The molecule has 1 aromatic rings. The highest BCUT2D eigenvalue weighted by atomic mass is 79.9. The minimum atomic E-state index is -0.0338. The Hall–Kier alpha value is -0.590. The molecular weight excluding hydrogens is 316 g/mol. The largest absolute Gasteiger partial charge is 0.396 e. The Bertz CT molecular complexity index is 411. The number of carbonyl (C=O) groups excluding carboxylic acids is 1. The topological polar surface area (TPSA) is 52.6 Å². The smallest absolute Gasteiger partial charge is 0.317 e. The fraction of sp³-hybridized carbons (Fsp3) is 0.583. The highest BCUT2D eigenvalue weighted by molar-refractivity contribution is 9.10. The summed E-state index contributed by atoms with van der Waals surface area (Å²) in [7, 11) is 0. The van der Waals surface area contributed by atoms with E-state index in [1.165, 1.54) is 0 Å². The molecule has 4 nitrogen and oxygen atoms in total. The van der Waals surface area contributed by atoms with Gasteiger partial charge in [-0.05, 0) is 46.1 Å². The molecule has 2 heterocycles. The number of hydrogen-bond donors (Lipinski definition) is 2. The Kier molecular flexibility index (Phi) is 5.03. The van der Waals surface area contributed by atoms with Crippen LogP contribution in [0.1, 0.15) is 17.7 Å². The van der Waals surface area contributed by atoms with Crippen molar-refractivity contribution in [2.45, 2.75) is 19.4 Å². The zero-order chi connectivity index (χ0) is 13.0. The van der Waals surface area contributed by atoms with E-state index in [0.717, 1.165) is 28.7 Å². The fourth-order valence-electron chi connectivity index (χ4n) is 2.12. The van der Waals surface area contributed by atoms with Crippen LogP contribution in [0.4, 0.5) is 4.79 Å². The minimum Gasteiger partial charge on any atom is -0.396 e. The lowest BCUT2D eigenvalue weighted by atomic mass is 9.99. The van der Waals surface area contributed by atoms with Gasteiger partial charge in [-0.1, -0.05) is 0 Å². The van der Waals surface area contributed by atoms with Crippen LogP contribution >= 0.6 is 27.3 Å². The number of amides is 2. The second kappa shape index (κ2) is 6.54. The van der Waals surface area contributed by atoms with Crippen LogP contribution in [0.2, 0.25) is 0 Å². The van der Waals surface area contributed by atoms with Gasteiger partial charge in [-0.2, -0.15) is 0 Å². The van der Waals surface area contributed by atoms with Crippen molar-refractivity contribution in [3.8, 4) is 0 Å². The molecular formula is C12H17BrN2O2S. The van der Waals surface area contributed by atoms with E-state index < -0.39 is 0 Å². The van der Waals surface area contributed by atoms with Crippen LogP contribution in [-0.2, 0) is 6.54 Å². The van der Waals surface area contributed by atoms with Crippen molar-refractivity contribution in [1.29, 1.82) is 0 Å². The molecule has 1 fully saturated rings. The molecule has 2 N–H and O–H groups in total. The van der Waals surface area contributed by atoms with E-state index in [9.17, 15) is 4.79 Å². The number of nitrogens with one attached hydrogen (secondary N) is 1. The summed E-state index contributed by atoms with van der Waals surface area (Å²) in [5.41, 5.74) is 0. The number of thiophene rings is 1. The standard InChI is InChI=1S/C12H17BrN2O2S/c13-10-3-5-18-11(10)6-14-12(17)15-4-1-2-9(7-15)8-16/h3,5,9,16H,1-2,4,6-8H2,(H,14,17)/t9-/m0/s1.